The molecule has 0 saturated carbocycles. The molecule has 2 aromatic carbocycles. The third-order valence-corrected chi connectivity index (χ3v) is 6.95. The predicted octanol–water partition coefficient (Wildman–Crippen LogP) is 4.14. The average Bonchev–Trinajstić information content (AvgIpc) is 3.43. The van der Waals surface area contributed by atoms with Crippen LogP contribution in [0.15, 0.2) is 60.7 Å². The maximum absolute atomic E-state index is 13.4. The summed E-state index contributed by atoms with van der Waals surface area (Å²) in [4.78, 5) is 44.9. The Bertz CT molecular complexity index is 1480. The van der Waals surface area contributed by atoms with Gasteiger partial charge in [0.1, 0.15) is 23.0 Å². The number of ketones is 1. The van der Waals surface area contributed by atoms with Crippen LogP contribution in [0.3, 0.4) is 0 Å². The molecule has 1 aliphatic rings. The number of aliphatic hydroxyl groups is 1. The summed E-state index contributed by atoms with van der Waals surface area (Å²) in [6, 6.07) is 9.55. The van der Waals surface area contributed by atoms with E-state index in [2.05, 4.69) is 11.6 Å². The van der Waals surface area contributed by atoms with Gasteiger partial charge in [-0.15, -0.1) is 0 Å². The molecule has 1 atom stereocenters. The van der Waals surface area contributed by atoms with Gasteiger partial charge in [-0.2, -0.15) is 0 Å². The van der Waals surface area contributed by atoms with E-state index in [0.717, 1.165) is 16.2 Å². The normalized spacial score (nSPS) is 16.4. The third-order valence-electron chi connectivity index (χ3n) is 5.82. The lowest BCUT2D eigenvalue weighted by Gasteiger charge is -2.23. The lowest BCUT2D eigenvalue weighted by Crippen LogP contribution is -2.29. The van der Waals surface area contributed by atoms with Crippen molar-refractivity contribution in [2.75, 3.05) is 25.7 Å². The van der Waals surface area contributed by atoms with Crippen molar-refractivity contribution in [3.63, 3.8) is 0 Å². The van der Waals surface area contributed by atoms with Gasteiger partial charge in [0.15, 0.2) is 16.6 Å². The molecule has 0 aliphatic carbocycles. The first-order valence-corrected chi connectivity index (χ1v) is 12.1. The van der Waals surface area contributed by atoms with E-state index in [1.807, 2.05) is 0 Å². The summed E-state index contributed by atoms with van der Waals surface area (Å²) in [5.41, 5.74) is 0.699. The van der Waals surface area contributed by atoms with Gasteiger partial charge in [-0.1, -0.05) is 42.2 Å². The number of phenolic OH excluding ortho intramolecular Hbond substituents is 1. The summed E-state index contributed by atoms with van der Waals surface area (Å²) in [5, 5.41) is 21.5. The minimum atomic E-state index is -1.15. The molecule has 10 nitrogen and oxygen atoms in total. The van der Waals surface area contributed by atoms with Crippen LogP contribution in [0.1, 0.15) is 32.5 Å². The third kappa shape index (κ3) is 4.71. The highest BCUT2D eigenvalue weighted by Crippen LogP contribution is 2.45. The first-order chi connectivity index (χ1) is 18.2. The summed E-state index contributed by atoms with van der Waals surface area (Å²) in [7, 11) is 2.82. The van der Waals surface area contributed by atoms with Crippen molar-refractivity contribution in [2.45, 2.75) is 13.0 Å². The fourth-order valence-electron chi connectivity index (χ4n) is 4.01. The molecule has 4 rings (SSSR count). The van der Waals surface area contributed by atoms with Crippen molar-refractivity contribution in [1.29, 1.82) is 0 Å². The van der Waals surface area contributed by atoms with Gasteiger partial charge in [0.2, 0.25) is 0 Å². The Balaban J connectivity index is 1.92. The van der Waals surface area contributed by atoms with Gasteiger partial charge in [-0.05, 0) is 36.8 Å². The Morgan fingerprint density at radius 3 is 2.63 bits per heavy atom. The van der Waals surface area contributed by atoms with Gasteiger partial charge < -0.3 is 24.4 Å². The van der Waals surface area contributed by atoms with Crippen LogP contribution < -0.4 is 14.4 Å². The minimum Gasteiger partial charge on any atom is -0.507 e. The van der Waals surface area contributed by atoms with Crippen molar-refractivity contribution in [2.24, 2.45) is 0 Å². The number of thiazole rings is 1. The molecule has 11 heteroatoms. The number of esters is 1. The number of rotatable bonds is 8. The number of phenols is 1. The topological polar surface area (TPSA) is 135 Å². The van der Waals surface area contributed by atoms with E-state index in [9.17, 15) is 24.6 Å². The molecule has 2 heterocycles. The van der Waals surface area contributed by atoms with Crippen LogP contribution in [-0.4, -0.2) is 53.7 Å². The number of aromatic hydroxyl groups is 1. The largest absolute Gasteiger partial charge is 0.507 e. The second-order valence-electron chi connectivity index (χ2n) is 8.13. The monoisotopic (exact) mass is 536 g/mol. The second kappa shape index (κ2) is 10.8. The van der Waals surface area contributed by atoms with Gasteiger partial charge >= 0.3 is 11.9 Å². The van der Waals surface area contributed by atoms with E-state index in [0.29, 0.717) is 17.0 Å². The molecule has 0 radical (unpaired) electrons. The molecule has 2 N–H and O–H groups in total. The zero-order valence-electron chi connectivity index (χ0n) is 20.8. The number of hydrogen-bond donors (Lipinski definition) is 2. The summed E-state index contributed by atoms with van der Waals surface area (Å²) in [6.45, 7) is 5.08. The molecule has 0 bridgehead atoms. The number of amides is 1. The molecular formula is C27H24N2O8S. The lowest BCUT2D eigenvalue weighted by molar-refractivity contribution is -0.132. The van der Waals surface area contributed by atoms with Gasteiger partial charge in [0.25, 0.3) is 5.78 Å². The van der Waals surface area contributed by atoms with Crippen molar-refractivity contribution in [3.05, 3.63) is 82.4 Å². The van der Waals surface area contributed by atoms with Crippen molar-refractivity contribution < 1.29 is 38.8 Å². The van der Waals surface area contributed by atoms with Crippen LogP contribution in [0.4, 0.5) is 5.13 Å². The van der Waals surface area contributed by atoms with Crippen LogP contribution in [0, 0.1) is 6.92 Å². The molecule has 196 valence electrons. The van der Waals surface area contributed by atoms with E-state index < -0.39 is 29.5 Å². The second-order valence-corrected chi connectivity index (χ2v) is 9.11. The quantitative estimate of drug-likeness (QED) is 0.143. The molecule has 1 unspecified atom stereocenters. The maximum Gasteiger partial charge on any atom is 0.350 e. The standard InChI is InChI=1S/C27H24N2O8S/c1-5-11-37-26(34)24-14(2)28-27(38-24)29-21(15-9-10-18(30)19(13-15)36-4)20(23(32)25(29)33)22(31)16-7-6-8-17(12-16)35-3/h5-10,12-13,21,30-31H,1,11H2,2-4H3. The predicted molar refractivity (Wildman–Crippen MR) is 140 cm³/mol. The molecule has 1 aliphatic heterocycles. The molecular weight excluding hydrogens is 512 g/mol. The number of carbonyl (C=O) groups excluding carboxylic acids is 3. The first-order valence-electron chi connectivity index (χ1n) is 11.3. The molecule has 1 saturated heterocycles. The van der Waals surface area contributed by atoms with Crippen LogP contribution >= 0.6 is 11.3 Å². The van der Waals surface area contributed by atoms with E-state index in [1.54, 1.807) is 25.1 Å². The lowest BCUT2D eigenvalue weighted by atomic mass is 9.95. The Labute approximate surface area is 222 Å². The van der Waals surface area contributed by atoms with Crippen molar-refractivity contribution in [3.8, 4) is 17.2 Å². The van der Waals surface area contributed by atoms with Crippen molar-refractivity contribution >= 4 is 39.9 Å². The van der Waals surface area contributed by atoms with Gasteiger partial charge in [-0.25, -0.2) is 9.78 Å². The number of hydrogen-bond acceptors (Lipinski definition) is 10. The average molecular weight is 537 g/mol. The van der Waals surface area contributed by atoms with Crippen LogP contribution in [0.2, 0.25) is 0 Å². The summed E-state index contributed by atoms with van der Waals surface area (Å²) in [6.07, 6.45) is 1.42. The zero-order valence-corrected chi connectivity index (χ0v) is 21.6. The molecule has 1 fully saturated rings. The SMILES string of the molecule is C=CCOC(=O)c1sc(N2C(=O)C(=O)C(=C(O)c3cccc(OC)c3)C2c2ccc(O)c(OC)c2)nc1C. The number of anilines is 1. The Morgan fingerprint density at radius 1 is 1.18 bits per heavy atom. The summed E-state index contributed by atoms with van der Waals surface area (Å²) < 4.78 is 15.6. The fourth-order valence-corrected chi connectivity index (χ4v) is 5.00. The number of Topliss-reactive ketones (excluding diaryl/α,β-unsaturated/α-hetero) is 1. The molecule has 3 aromatic rings. The number of benzene rings is 2. The van der Waals surface area contributed by atoms with E-state index in [4.69, 9.17) is 14.2 Å². The molecule has 1 amide bonds. The van der Waals surface area contributed by atoms with E-state index >= 15 is 0 Å². The smallest absolute Gasteiger partial charge is 0.350 e. The maximum atomic E-state index is 13.4. The van der Waals surface area contributed by atoms with Gasteiger partial charge in [0, 0.05) is 5.56 Å². The van der Waals surface area contributed by atoms with Gasteiger partial charge in [-0.3, -0.25) is 14.5 Å². The number of ether oxygens (including phenoxy) is 3. The highest BCUT2D eigenvalue weighted by Gasteiger charge is 2.48. The Kier molecular flexibility index (Phi) is 7.49. The zero-order chi connectivity index (χ0) is 27.6. The van der Waals surface area contributed by atoms with Crippen molar-refractivity contribution in [1.82, 2.24) is 4.98 Å². The van der Waals surface area contributed by atoms with Crippen LogP contribution in [-0.2, 0) is 14.3 Å². The Morgan fingerprint density at radius 2 is 1.95 bits per heavy atom. The number of aliphatic hydroxyl groups excluding tert-OH is 1. The summed E-state index contributed by atoms with van der Waals surface area (Å²) >= 11 is 0.876. The van der Waals surface area contributed by atoms with E-state index in [-0.39, 0.29) is 39.3 Å². The minimum absolute atomic E-state index is 0.0101. The van der Waals surface area contributed by atoms with Crippen LogP contribution in [0.25, 0.3) is 5.76 Å². The van der Waals surface area contributed by atoms with E-state index in [1.165, 1.54) is 44.6 Å². The number of carbonyl (C=O) groups is 3. The number of aryl methyl sites for hydroxylation is 1. The highest BCUT2D eigenvalue weighted by molar-refractivity contribution is 7.17. The first kappa shape index (κ1) is 26.4. The number of nitrogens with zero attached hydrogens (tertiary/aromatic N) is 2. The highest BCUT2D eigenvalue weighted by atomic mass is 32.1. The summed E-state index contributed by atoms with van der Waals surface area (Å²) in [5.74, 6) is -2.61. The molecule has 38 heavy (non-hydrogen) atoms. The van der Waals surface area contributed by atoms with Crippen LogP contribution in [0.5, 0.6) is 17.2 Å². The molecule has 0 spiro atoms. The fraction of sp³-hybridized carbons (Fsp3) is 0.185. The van der Waals surface area contributed by atoms with Gasteiger partial charge in [0.05, 0.1) is 31.5 Å². The number of methoxy groups -OCH3 is 2. The molecule has 1 aromatic heterocycles. The number of aromatic nitrogens is 1. The Hall–Kier alpha value is -4.64.